The molecule has 4 rings (SSSR count). The first-order valence-corrected chi connectivity index (χ1v) is 12.7. The largest absolute Gasteiger partial charge is 0.497 e. The van der Waals surface area contributed by atoms with Gasteiger partial charge >= 0.3 is 24.3 Å². The average Bonchev–Trinajstić information content (AvgIpc) is 3.34. The second kappa shape index (κ2) is 15.2. The van der Waals surface area contributed by atoms with Crippen molar-refractivity contribution in [3.63, 3.8) is 0 Å². The van der Waals surface area contributed by atoms with Crippen LogP contribution >= 0.6 is 0 Å². The van der Waals surface area contributed by atoms with Gasteiger partial charge in [0.2, 0.25) is 0 Å². The van der Waals surface area contributed by atoms with Crippen molar-refractivity contribution < 1.29 is 55.6 Å². The van der Waals surface area contributed by atoms with Gasteiger partial charge in [0.05, 0.1) is 19.3 Å². The maximum Gasteiger partial charge on any atom is 0.490 e. The lowest BCUT2D eigenvalue weighted by Crippen LogP contribution is -2.44. The number of likely N-dealkylation sites (tertiary alicyclic amines) is 1. The van der Waals surface area contributed by atoms with Crippen LogP contribution in [0.25, 0.3) is 0 Å². The van der Waals surface area contributed by atoms with Crippen LogP contribution in [0.5, 0.6) is 5.75 Å². The van der Waals surface area contributed by atoms with Gasteiger partial charge in [-0.2, -0.15) is 26.3 Å². The number of aromatic nitrogens is 1. The van der Waals surface area contributed by atoms with Gasteiger partial charge < -0.3 is 19.7 Å². The lowest BCUT2D eigenvalue weighted by molar-refractivity contribution is -0.193. The fourth-order valence-corrected chi connectivity index (χ4v) is 4.47. The Kier molecular flexibility index (Phi) is 12.6. The molecule has 0 aliphatic carbocycles. The highest BCUT2D eigenvalue weighted by Gasteiger charge is 2.43. The number of benzene rings is 1. The van der Waals surface area contributed by atoms with E-state index in [2.05, 4.69) is 40.0 Å². The molecule has 1 aromatic heterocycles. The minimum Gasteiger partial charge on any atom is -0.497 e. The Hall–Kier alpha value is -3.43. The van der Waals surface area contributed by atoms with Gasteiger partial charge in [-0.3, -0.25) is 14.8 Å². The van der Waals surface area contributed by atoms with Crippen LogP contribution in [0.2, 0.25) is 0 Å². The molecule has 1 unspecified atom stereocenters. The number of likely N-dealkylation sites (N-methyl/N-ethyl adjacent to an activating group) is 1. The quantitative estimate of drug-likeness (QED) is 0.454. The molecule has 1 atom stereocenters. The average molecular weight is 610 g/mol. The summed E-state index contributed by atoms with van der Waals surface area (Å²) in [5.41, 5.74) is 2.68. The van der Waals surface area contributed by atoms with Crippen molar-refractivity contribution in [2.45, 2.75) is 56.3 Å². The summed E-state index contributed by atoms with van der Waals surface area (Å²) >= 11 is 0. The van der Waals surface area contributed by atoms with E-state index >= 15 is 0 Å². The molecule has 0 amide bonds. The molecular weight excluding hydrogens is 576 g/mol. The molecule has 2 aliphatic rings. The third-order valence-electron chi connectivity index (χ3n) is 6.79. The molecule has 2 saturated heterocycles. The number of rotatable bonds is 6. The van der Waals surface area contributed by atoms with E-state index in [1.165, 1.54) is 11.1 Å². The van der Waals surface area contributed by atoms with Gasteiger partial charge in [0.15, 0.2) is 0 Å². The Morgan fingerprint density at radius 2 is 1.57 bits per heavy atom. The molecule has 2 aliphatic heterocycles. The number of halogens is 6. The monoisotopic (exact) mass is 609 g/mol. The zero-order valence-corrected chi connectivity index (χ0v) is 23.0. The fraction of sp³-hybridized carbons (Fsp3) is 0.519. The number of piperidine rings is 1. The van der Waals surface area contributed by atoms with Crippen molar-refractivity contribution >= 4 is 11.9 Å². The molecule has 1 aromatic carbocycles. The standard InChI is InChI=1S/C23H31N3O2.2C2HF3O2/c1-25(16-20-4-3-11-24-15-20)21-14-23(28-18-21)9-12-26(13-10-23)17-19-5-7-22(27-2)8-6-19;2*3-2(4,5)1(6)7/h3-8,11,15,21H,9-10,12-14,16-18H2,1-2H3;2*(H,6,7). The number of alkyl halides is 6. The molecule has 2 fully saturated rings. The highest BCUT2D eigenvalue weighted by atomic mass is 19.4. The second-order valence-corrected chi connectivity index (χ2v) is 9.86. The van der Waals surface area contributed by atoms with Crippen LogP contribution in [0.3, 0.4) is 0 Å². The summed E-state index contributed by atoms with van der Waals surface area (Å²) in [6, 6.07) is 13.1. The zero-order valence-electron chi connectivity index (χ0n) is 23.0. The van der Waals surface area contributed by atoms with Gasteiger partial charge in [0.25, 0.3) is 0 Å². The first-order valence-electron chi connectivity index (χ1n) is 12.7. The molecule has 0 radical (unpaired) electrons. The second-order valence-electron chi connectivity index (χ2n) is 9.86. The number of carboxylic acids is 2. The van der Waals surface area contributed by atoms with Crippen molar-refractivity contribution in [1.29, 1.82) is 0 Å². The predicted molar refractivity (Wildman–Crippen MR) is 138 cm³/mol. The lowest BCUT2D eigenvalue weighted by atomic mass is 9.87. The highest BCUT2D eigenvalue weighted by Crippen LogP contribution is 2.38. The molecule has 234 valence electrons. The number of hydrogen-bond donors (Lipinski definition) is 2. The number of methoxy groups -OCH3 is 1. The van der Waals surface area contributed by atoms with Gasteiger partial charge in [-0.05, 0) is 55.6 Å². The van der Waals surface area contributed by atoms with E-state index in [9.17, 15) is 26.3 Å². The third kappa shape index (κ3) is 11.4. The van der Waals surface area contributed by atoms with Crippen molar-refractivity contribution in [3.05, 3.63) is 59.9 Å². The molecule has 2 N–H and O–H groups in total. The molecule has 9 nitrogen and oxygen atoms in total. The van der Waals surface area contributed by atoms with Crippen LogP contribution in [0, 0.1) is 0 Å². The van der Waals surface area contributed by atoms with E-state index in [-0.39, 0.29) is 5.60 Å². The Labute approximate surface area is 238 Å². The fourth-order valence-electron chi connectivity index (χ4n) is 4.47. The molecule has 0 bridgehead atoms. The summed E-state index contributed by atoms with van der Waals surface area (Å²) in [5, 5.41) is 14.2. The topological polar surface area (TPSA) is 112 Å². The van der Waals surface area contributed by atoms with Gasteiger partial charge in [-0.1, -0.05) is 18.2 Å². The summed E-state index contributed by atoms with van der Waals surface area (Å²) in [7, 11) is 3.92. The highest BCUT2D eigenvalue weighted by molar-refractivity contribution is 5.73. The van der Waals surface area contributed by atoms with E-state index in [1.54, 1.807) is 7.11 Å². The molecular formula is C27H33F6N3O6. The Morgan fingerprint density at radius 3 is 2.02 bits per heavy atom. The van der Waals surface area contributed by atoms with E-state index in [0.29, 0.717) is 6.04 Å². The van der Waals surface area contributed by atoms with Crippen LogP contribution in [0.1, 0.15) is 30.4 Å². The predicted octanol–water partition coefficient (Wildman–Crippen LogP) is 4.61. The maximum absolute atomic E-state index is 10.6. The minimum atomic E-state index is -5.08. The van der Waals surface area contributed by atoms with Crippen molar-refractivity contribution in [2.24, 2.45) is 0 Å². The van der Waals surface area contributed by atoms with Crippen molar-refractivity contribution in [1.82, 2.24) is 14.8 Å². The van der Waals surface area contributed by atoms with Gasteiger partial charge in [0, 0.05) is 44.6 Å². The number of carboxylic acid groups (broad SMARTS) is 2. The normalized spacial score (nSPS) is 18.5. The molecule has 2 aromatic rings. The van der Waals surface area contributed by atoms with Crippen molar-refractivity contribution in [2.75, 3.05) is 33.9 Å². The van der Waals surface area contributed by atoms with Crippen LogP contribution < -0.4 is 4.74 Å². The maximum atomic E-state index is 10.6. The third-order valence-corrected chi connectivity index (χ3v) is 6.79. The smallest absolute Gasteiger partial charge is 0.490 e. The summed E-state index contributed by atoms with van der Waals surface area (Å²) in [6.07, 6.45) is -2.99. The SMILES string of the molecule is COc1ccc(CN2CCC3(CC2)CC(N(C)Cc2cccnc2)CO3)cc1.O=C(O)C(F)(F)F.O=C(O)C(F)(F)F. The first kappa shape index (κ1) is 34.8. The van der Waals surface area contributed by atoms with E-state index < -0.39 is 24.3 Å². The number of ether oxygens (including phenoxy) is 2. The van der Waals surface area contributed by atoms with E-state index in [1.807, 2.05) is 30.6 Å². The van der Waals surface area contributed by atoms with Gasteiger partial charge in [-0.15, -0.1) is 0 Å². The Bertz CT molecular complexity index is 1100. The van der Waals surface area contributed by atoms with E-state index in [0.717, 1.165) is 57.8 Å². The van der Waals surface area contributed by atoms with Crippen LogP contribution in [-0.4, -0.2) is 94.8 Å². The van der Waals surface area contributed by atoms with Gasteiger partial charge in [0.1, 0.15) is 5.75 Å². The zero-order chi connectivity index (χ0) is 31.6. The summed E-state index contributed by atoms with van der Waals surface area (Å²) < 4.78 is 75.1. The first-order chi connectivity index (χ1) is 19.5. The number of aliphatic carboxylic acids is 2. The Morgan fingerprint density at radius 1 is 1.02 bits per heavy atom. The number of carbonyl (C=O) groups is 2. The summed E-state index contributed by atoms with van der Waals surface area (Å²) in [6.45, 7) is 4.98. The molecule has 0 saturated carbocycles. The van der Waals surface area contributed by atoms with Crippen LogP contribution in [0.15, 0.2) is 48.8 Å². The molecule has 42 heavy (non-hydrogen) atoms. The molecule has 3 heterocycles. The van der Waals surface area contributed by atoms with Crippen LogP contribution in [-0.2, 0) is 27.4 Å². The van der Waals surface area contributed by atoms with Gasteiger partial charge in [-0.25, -0.2) is 9.59 Å². The lowest BCUT2D eigenvalue weighted by Gasteiger charge is -2.39. The Balaban J connectivity index is 0.000000367. The van der Waals surface area contributed by atoms with Crippen LogP contribution in [0.4, 0.5) is 26.3 Å². The number of hydrogen-bond acceptors (Lipinski definition) is 7. The van der Waals surface area contributed by atoms with Crippen molar-refractivity contribution in [3.8, 4) is 5.75 Å². The molecule has 1 spiro atoms. The molecule has 15 heteroatoms. The number of nitrogens with zero attached hydrogens (tertiary/aromatic N) is 3. The summed E-state index contributed by atoms with van der Waals surface area (Å²) in [5.74, 6) is -4.60. The number of pyridine rings is 1. The minimum absolute atomic E-state index is 0.0737. The summed E-state index contributed by atoms with van der Waals surface area (Å²) in [4.78, 5) is 27.0. The van der Waals surface area contributed by atoms with E-state index in [4.69, 9.17) is 29.3 Å².